The van der Waals surface area contributed by atoms with E-state index in [1.165, 1.54) is 6.08 Å². The van der Waals surface area contributed by atoms with Crippen LogP contribution in [0.1, 0.15) is 11.3 Å². The third kappa shape index (κ3) is 4.11. The van der Waals surface area contributed by atoms with Gasteiger partial charge in [-0.05, 0) is 42.8 Å². The molecular formula is C21H15BrN2O2. The molecule has 0 spiro atoms. The molecule has 1 amide bonds. The van der Waals surface area contributed by atoms with E-state index in [1.54, 1.807) is 12.1 Å². The number of anilines is 1. The maximum Gasteiger partial charge on any atom is 0.266 e. The highest BCUT2D eigenvalue weighted by Crippen LogP contribution is 2.26. The molecule has 0 aliphatic heterocycles. The van der Waals surface area contributed by atoms with E-state index in [1.807, 2.05) is 61.5 Å². The molecule has 0 saturated carbocycles. The summed E-state index contributed by atoms with van der Waals surface area (Å²) in [6.07, 6.45) is 1.44. The molecule has 3 aromatic rings. The zero-order valence-corrected chi connectivity index (χ0v) is 15.6. The number of furan rings is 1. The first-order chi connectivity index (χ1) is 12.6. The van der Waals surface area contributed by atoms with Crippen LogP contribution in [0.25, 0.3) is 17.4 Å². The molecule has 1 heterocycles. The fourth-order valence-electron chi connectivity index (χ4n) is 2.42. The summed E-state index contributed by atoms with van der Waals surface area (Å²) in [5.41, 5.74) is 2.48. The first kappa shape index (κ1) is 17.7. The van der Waals surface area contributed by atoms with Crippen molar-refractivity contribution in [3.8, 4) is 17.4 Å². The van der Waals surface area contributed by atoms with Gasteiger partial charge in [0.15, 0.2) is 0 Å². The van der Waals surface area contributed by atoms with Gasteiger partial charge in [0, 0.05) is 21.8 Å². The van der Waals surface area contributed by atoms with E-state index in [0.717, 1.165) is 15.6 Å². The lowest BCUT2D eigenvalue weighted by Crippen LogP contribution is -2.14. The fourth-order valence-corrected chi connectivity index (χ4v) is 2.82. The van der Waals surface area contributed by atoms with E-state index >= 15 is 0 Å². The van der Waals surface area contributed by atoms with Gasteiger partial charge in [0.1, 0.15) is 23.2 Å². The highest BCUT2D eigenvalue weighted by Gasteiger charge is 2.12. The van der Waals surface area contributed by atoms with E-state index in [9.17, 15) is 10.1 Å². The molecule has 0 atom stereocenters. The van der Waals surface area contributed by atoms with Crippen LogP contribution >= 0.6 is 15.9 Å². The van der Waals surface area contributed by atoms with Crippen LogP contribution in [0.15, 0.2) is 75.1 Å². The Balaban J connectivity index is 1.82. The van der Waals surface area contributed by atoms with Crippen molar-refractivity contribution in [3.05, 3.63) is 82.0 Å². The van der Waals surface area contributed by atoms with Gasteiger partial charge in [-0.1, -0.05) is 46.3 Å². The Hall–Kier alpha value is -3.10. The molecule has 0 aliphatic rings. The second-order valence-electron chi connectivity index (χ2n) is 5.65. The molecule has 3 rings (SSSR count). The molecule has 4 nitrogen and oxygen atoms in total. The van der Waals surface area contributed by atoms with Crippen LogP contribution in [-0.2, 0) is 4.79 Å². The Morgan fingerprint density at radius 3 is 2.69 bits per heavy atom. The van der Waals surface area contributed by atoms with E-state index in [-0.39, 0.29) is 5.57 Å². The maximum atomic E-state index is 12.4. The van der Waals surface area contributed by atoms with Crippen molar-refractivity contribution in [1.82, 2.24) is 0 Å². The van der Waals surface area contributed by atoms with Crippen molar-refractivity contribution in [2.45, 2.75) is 6.92 Å². The minimum atomic E-state index is -0.470. The number of carbonyl (C=O) groups is 1. The Bertz CT molecular complexity index is 1030. The van der Waals surface area contributed by atoms with Crippen LogP contribution in [0.3, 0.4) is 0 Å². The molecule has 5 heteroatoms. The minimum absolute atomic E-state index is 0.0246. The lowest BCUT2D eigenvalue weighted by molar-refractivity contribution is -0.112. The quantitative estimate of drug-likeness (QED) is 0.455. The fraction of sp³-hybridized carbons (Fsp3) is 0.0476. The van der Waals surface area contributed by atoms with Crippen molar-refractivity contribution in [2.75, 3.05) is 5.32 Å². The Morgan fingerprint density at radius 1 is 1.15 bits per heavy atom. The molecule has 0 fully saturated rings. The number of hydrogen-bond donors (Lipinski definition) is 1. The summed E-state index contributed by atoms with van der Waals surface area (Å²) in [5.74, 6) is 0.632. The van der Waals surface area contributed by atoms with E-state index in [2.05, 4.69) is 21.2 Å². The van der Waals surface area contributed by atoms with Crippen LogP contribution in [0, 0.1) is 18.3 Å². The standard InChI is InChI=1S/C21H15BrN2O2/c1-14-5-2-3-8-19(14)24-21(25)16(13-23)12-18-9-10-20(26-18)15-6-4-7-17(22)11-15/h2-12H,1H3,(H,24,25)/b16-12-. The van der Waals surface area contributed by atoms with Crippen molar-refractivity contribution in [2.24, 2.45) is 0 Å². The zero-order chi connectivity index (χ0) is 18.5. The monoisotopic (exact) mass is 406 g/mol. The zero-order valence-electron chi connectivity index (χ0n) is 14.0. The molecule has 0 unspecified atom stereocenters. The van der Waals surface area contributed by atoms with Crippen molar-refractivity contribution in [3.63, 3.8) is 0 Å². The second-order valence-corrected chi connectivity index (χ2v) is 6.57. The Kier molecular flexibility index (Phi) is 5.35. The molecule has 1 N–H and O–H groups in total. The van der Waals surface area contributed by atoms with Gasteiger partial charge < -0.3 is 9.73 Å². The van der Waals surface area contributed by atoms with Crippen molar-refractivity contribution < 1.29 is 9.21 Å². The lowest BCUT2D eigenvalue weighted by atomic mass is 10.1. The predicted octanol–water partition coefficient (Wildman–Crippen LogP) is 5.56. The minimum Gasteiger partial charge on any atom is -0.457 e. The Labute approximate surface area is 159 Å². The van der Waals surface area contributed by atoms with Gasteiger partial charge in [0.25, 0.3) is 5.91 Å². The molecule has 0 saturated heterocycles. The highest BCUT2D eigenvalue weighted by atomic mass is 79.9. The van der Waals surface area contributed by atoms with E-state index in [0.29, 0.717) is 17.2 Å². The van der Waals surface area contributed by atoms with Gasteiger partial charge >= 0.3 is 0 Å². The summed E-state index contributed by atoms with van der Waals surface area (Å²) in [5, 5.41) is 12.1. The SMILES string of the molecule is Cc1ccccc1NC(=O)/C(C#N)=C\c1ccc(-c2cccc(Br)c2)o1. The lowest BCUT2D eigenvalue weighted by Gasteiger charge is -2.06. The maximum absolute atomic E-state index is 12.4. The Morgan fingerprint density at radius 2 is 1.96 bits per heavy atom. The number of aryl methyl sites for hydroxylation is 1. The molecule has 0 radical (unpaired) electrons. The second kappa shape index (κ2) is 7.85. The number of nitrogens with zero attached hydrogens (tertiary/aromatic N) is 1. The van der Waals surface area contributed by atoms with Crippen LogP contribution in [0.2, 0.25) is 0 Å². The molecule has 1 aromatic heterocycles. The summed E-state index contributed by atoms with van der Waals surface area (Å²) >= 11 is 3.42. The summed E-state index contributed by atoms with van der Waals surface area (Å²) in [4.78, 5) is 12.4. The molecule has 128 valence electrons. The summed E-state index contributed by atoms with van der Waals surface area (Å²) in [7, 11) is 0. The number of benzene rings is 2. The normalized spacial score (nSPS) is 11.0. The van der Waals surface area contributed by atoms with Crippen molar-refractivity contribution >= 4 is 33.6 Å². The first-order valence-electron chi connectivity index (χ1n) is 7.91. The molecule has 0 aliphatic carbocycles. The number of para-hydroxylation sites is 1. The van der Waals surface area contributed by atoms with Crippen LogP contribution < -0.4 is 5.32 Å². The smallest absolute Gasteiger partial charge is 0.266 e. The number of amides is 1. The number of halogens is 1. The average Bonchev–Trinajstić information content (AvgIpc) is 3.10. The van der Waals surface area contributed by atoms with Crippen LogP contribution in [0.4, 0.5) is 5.69 Å². The number of nitriles is 1. The van der Waals surface area contributed by atoms with E-state index in [4.69, 9.17) is 4.42 Å². The topological polar surface area (TPSA) is 66.0 Å². The number of nitrogens with one attached hydrogen (secondary N) is 1. The molecule has 26 heavy (non-hydrogen) atoms. The molecule has 0 bridgehead atoms. The largest absolute Gasteiger partial charge is 0.457 e. The van der Waals surface area contributed by atoms with Crippen molar-refractivity contribution in [1.29, 1.82) is 5.26 Å². The average molecular weight is 407 g/mol. The number of carbonyl (C=O) groups excluding carboxylic acids is 1. The van der Waals surface area contributed by atoms with E-state index < -0.39 is 5.91 Å². The molecule has 2 aromatic carbocycles. The summed E-state index contributed by atoms with van der Waals surface area (Å²) in [6, 6.07) is 20.6. The third-order valence-electron chi connectivity index (χ3n) is 3.78. The molecular weight excluding hydrogens is 392 g/mol. The van der Waals surface area contributed by atoms with Crippen LogP contribution in [-0.4, -0.2) is 5.91 Å². The highest BCUT2D eigenvalue weighted by molar-refractivity contribution is 9.10. The van der Waals surface area contributed by atoms with Crippen LogP contribution in [0.5, 0.6) is 0 Å². The van der Waals surface area contributed by atoms with Gasteiger partial charge in [-0.25, -0.2) is 0 Å². The van der Waals surface area contributed by atoms with Gasteiger partial charge in [-0.2, -0.15) is 5.26 Å². The van der Waals surface area contributed by atoms with Gasteiger partial charge in [-0.15, -0.1) is 0 Å². The summed E-state index contributed by atoms with van der Waals surface area (Å²) in [6.45, 7) is 1.89. The number of rotatable bonds is 4. The predicted molar refractivity (Wildman–Crippen MR) is 105 cm³/mol. The first-order valence-corrected chi connectivity index (χ1v) is 8.70. The summed E-state index contributed by atoms with van der Waals surface area (Å²) < 4.78 is 6.70. The van der Waals surface area contributed by atoms with Gasteiger partial charge in [-0.3, -0.25) is 4.79 Å². The van der Waals surface area contributed by atoms with Gasteiger partial charge in [0.2, 0.25) is 0 Å². The van der Waals surface area contributed by atoms with Gasteiger partial charge in [0.05, 0.1) is 0 Å². The third-order valence-corrected chi connectivity index (χ3v) is 4.27. The number of hydrogen-bond acceptors (Lipinski definition) is 3.